The van der Waals surface area contributed by atoms with E-state index in [-0.39, 0.29) is 23.4 Å². The summed E-state index contributed by atoms with van der Waals surface area (Å²) in [4.78, 5) is 12.9. The van der Waals surface area contributed by atoms with Crippen molar-refractivity contribution in [3.63, 3.8) is 0 Å². The normalized spacial score (nSPS) is 26.8. The average molecular weight is 390 g/mol. The highest BCUT2D eigenvalue weighted by Crippen LogP contribution is 2.44. The number of aromatic nitrogens is 1. The van der Waals surface area contributed by atoms with Gasteiger partial charge in [0.2, 0.25) is 16.4 Å². The van der Waals surface area contributed by atoms with Gasteiger partial charge in [-0.15, -0.1) is 0 Å². The summed E-state index contributed by atoms with van der Waals surface area (Å²) < 4.78 is 72.0. The van der Waals surface area contributed by atoms with Gasteiger partial charge in [0.15, 0.2) is 5.58 Å². The number of fused-ring (bicyclic) bond motifs is 3. The number of nitrogens with zero attached hydrogens (tertiary/aromatic N) is 1. The van der Waals surface area contributed by atoms with E-state index in [1.165, 1.54) is 4.31 Å². The summed E-state index contributed by atoms with van der Waals surface area (Å²) in [6.07, 6.45) is -0.805. The Kier molecular flexibility index (Phi) is 4.14. The highest BCUT2D eigenvalue weighted by Gasteiger charge is 2.48. The lowest BCUT2D eigenvalue weighted by Crippen LogP contribution is -2.46. The van der Waals surface area contributed by atoms with Crippen LogP contribution < -0.4 is 5.76 Å². The number of benzene rings is 1. The molecule has 0 saturated carbocycles. The van der Waals surface area contributed by atoms with Crippen LogP contribution in [0.15, 0.2) is 26.2 Å². The molecule has 2 saturated heterocycles. The summed E-state index contributed by atoms with van der Waals surface area (Å²) in [5.41, 5.74) is 0.0278. The second kappa shape index (κ2) is 6.12. The van der Waals surface area contributed by atoms with Crippen LogP contribution in [0.25, 0.3) is 11.1 Å². The summed E-state index contributed by atoms with van der Waals surface area (Å²) in [5.74, 6) is -2.01. The average Bonchev–Trinajstić information content (AvgIpc) is 3.02. The molecule has 2 aliphatic heterocycles. The fourth-order valence-corrected chi connectivity index (χ4v) is 6.30. The van der Waals surface area contributed by atoms with Crippen LogP contribution in [-0.2, 0) is 10.0 Å². The second-order valence-corrected chi connectivity index (χ2v) is 8.79. The molecule has 1 aromatic heterocycles. The van der Waals surface area contributed by atoms with Crippen molar-refractivity contribution in [2.45, 2.75) is 55.5 Å². The van der Waals surface area contributed by atoms with Gasteiger partial charge in [-0.1, -0.05) is 0 Å². The molecule has 4 rings (SSSR count). The third kappa shape index (κ3) is 2.84. The number of halogens is 3. The summed E-state index contributed by atoms with van der Waals surface area (Å²) in [5, 5.41) is 0. The SMILES string of the molecule is O=c1[nH]c2cc(F)c(S(=O)(=O)N3C4CCC3CC(CC(F)F)C4)cc2o1. The van der Waals surface area contributed by atoms with Crippen molar-refractivity contribution in [2.75, 3.05) is 0 Å². The fraction of sp³-hybridized carbons (Fsp3) is 0.562. The summed E-state index contributed by atoms with van der Waals surface area (Å²) in [6.45, 7) is 0. The summed E-state index contributed by atoms with van der Waals surface area (Å²) >= 11 is 0. The Morgan fingerprint density at radius 1 is 1.23 bits per heavy atom. The molecule has 2 unspecified atom stereocenters. The first-order valence-electron chi connectivity index (χ1n) is 8.39. The molecule has 0 radical (unpaired) electrons. The van der Waals surface area contributed by atoms with Crippen LogP contribution in [0.2, 0.25) is 0 Å². The molecule has 0 amide bonds. The number of sulfonamides is 1. The first kappa shape index (κ1) is 17.6. The summed E-state index contributed by atoms with van der Waals surface area (Å²) in [6, 6.07) is 1.10. The zero-order chi connectivity index (χ0) is 18.6. The van der Waals surface area contributed by atoms with Crippen LogP contribution in [0.5, 0.6) is 0 Å². The molecule has 1 N–H and O–H groups in total. The van der Waals surface area contributed by atoms with Crippen molar-refractivity contribution in [1.82, 2.24) is 9.29 Å². The van der Waals surface area contributed by atoms with E-state index in [1.807, 2.05) is 0 Å². The van der Waals surface area contributed by atoms with E-state index in [2.05, 4.69) is 4.98 Å². The second-order valence-electron chi connectivity index (χ2n) is 6.98. The highest BCUT2D eigenvalue weighted by molar-refractivity contribution is 7.89. The highest BCUT2D eigenvalue weighted by atomic mass is 32.2. The molecular weight excluding hydrogens is 373 g/mol. The van der Waals surface area contributed by atoms with Crippen molar-refractivity contribution in [3.8, 4) is 0 Å². The largest absolute Gasteiger partial charge is 0.417 e. The number of nitrogens with one attached hydrogen (secondary N) is 1. The zero-order valence-corrected chi connectivity index (χ0v) is 14.4. The van der Waals surface area contributed by atoms with Crippen molar-refractivity contribution in [2.24, 2.45) is 5.92 Å². The maximum absolute atomic E-state index is 14.4. The molecule has 26 heavy (non-hydrogen) atoms. The molecule has 0 spiro atoms. The van der Waals surface area contributed by atoms with Crippen LogP contribution in [0.4, 0.5) is 13.2 Å². The lowest BCUT2D eigenvalue weighted by atomic mass is 9.90. The Bertz CT molecular complexity index is 987. The standard InChI is InChI=1S/C16H17F3N2O4S/c17-11-6-12-13(25-16(22)20-12)7-14(11)26(23,24)21-9-1-2-10(21)4-8(3-9)5-15(18)19/h6-10,15H,1-5H2,(H,20,22). The van der Waals surface area contributed by atoms with E-state index in [0.29, 0.717) is 25.7 Å². The lowest BCUT2D eigenvalue weighted by Gasteiger charge is -2.37. The summed E-state index contributed by atoms with van der Waals surface area (Å²) in [7, 11) is -4.17. The molecule has 1 aromatic carbocycles. The van der Waals surface area contributed by atoms with Gasteiger partial charge in [0.05, 0.1) is 5.52 Å². The maximum Gasteiger partial charge on any atom is 0.417 e. The van der Waals surface area contributed by atoms with Gasteiger partial charge in [0.1, 0.15) is 10.7 Å². The van der Waals surface area contributed by atoms with Crippen LogP contribution >= 0.6 is 0 Å². The van der Waals surface area contributed by atoms with E-state index in [9.17, 15) is 26.4 Å². The molecular formula is C16H17F3N2O4S. The Morgan fingerprint density at radius 2 is 1.88 bits per heavy atom. The van der Waals surface area contributed by atoms with Crippen LogP contribution in [0.1, 0.15) is 32.1 Å². The Labute approximate surface area is 147 Å². The number of hydrogen-bond acceptors (Lipinski definition) is 4. The van der Waals surface area contributed by atoms with Gasteiger partial charge in [-0.2, -0.15) is 4.31 Å². The van der Waals surface area contributed by atoms with Gasteiger partial charge in [0, 0.05) is 30.6 Å². The number of H-pyrrole nitrogens is 1. The molecule has 2 atom stereocenters. The first-order valence-corrected chi connectivity index (χ1v) is 9.83. The zero-order valence-electron chi connectivity index (χ0n) is 13.6. The van der Waals surface area contributed by atoms with E-state index < -0.39 is 45.0 Å². The predicted octanol–water partition coefficient (Wildman–Crippen LogP) is 2.85. The molecule has 3 heterocycles. The van der Waals surface area contributed by atoms with Gasteiger partial charge >= 0.3 is 5.76 Å². The molecule has 142 valence electrons. The van der Waals surface area contributed by atoms with Gasteiger partial charge in [0.25, 0.3) is 0 Å². The molecule has 2 aromatic rings. The Balaban J connectivity index is 1.69. The third-order valence-electron chi connectivity index (χ3n) is 5.30. The van der Waals surface area contributed by atoms with Gasteiger partial charge in [-0.3, -0.25) is 4.98 Å². The lowest BCUT2D eigenvalue weighted by molar-refractivity contribution is 0.0844. The minimum absolute atomic E-state index is 0.0464. The number of oxazole rings is 1. The van der Waals surface area contributed by atoms with Crippen LogP contribution in [-0.4, -0.2) is 36.2 Å². The smallest absolute Gasteiger partial charge is 0.408 e. The van der Waals surface area contributed by atoms with E-state index in [1.54, 1.807) is 0 Å². The Morgan fingerprint density at radius 3 is 2.50 bits per heavy atom. The number of alkyl halides is 2. The molecule has 10 heteroatoms. The topological polar surface area (TPSA) is 83.4 Å². The first-order chi connectivity index (χ1) is 12.3. The monoisotopic (exact) mass is 390 g/mol. The Hall–Kier alpha value is -1.81. The minimum atomic E-state index is -4.17. The van der Waals surface area contributed by atoms with Gasteiger partial charge < -0.3 is 4.42 Å². The number of aromatic amines is 1. The number of piperidine rings is 1. The van der Waals surface area contributed by atoms with E-state index >= 15 is 0 Å². The fourth-order valence-electron chi connectivity index (χ4n) is 4.35. The molecule has 2 bridgehead atoms. The van der Waals surface area contributed by atoms with E-state index in [4.69, 9.17) is 4.42 Å². The van der Waals surface area contributed by atoms with E-state index in [0.717, 1.165) is 12.1 Å². The van der Waals surface area contributed by atoms with Crippen LogP contribution in [0.3, 0.4) is 0 Å². The minimum Gasteiger partial charge on any atom is -0.408 e. The van der Waals surface area contributed by atoms with Gasteiger partial charge in [-0.25, -0.2) is 26.4 Å². The van der Waals surface area contributed by atoms with Crippen molar-refractivity contribution >= 4 is 21.1 Å². The van der Waals surface area contributed by atoms with Crippen molar-refractivity contribution in [3.05, 3.63) is 28.5 Å². The van der Waals surface area contributed by atoms with Crippen LogP contribution in [0, 0.1) is 11.7 Å². The molecule has 6 nitrogen and oxygen atoms in total. The molecule has 2 fully saturated rings. The van der Waals surface area contributed by atoms with Crippen molar-refractivity contribution in [1.29, 1.82) is 0 Å². The van der Waals surface area contributed by atoms with Crippen molar-refractivity contribution < 1.29 is 26.0 Å². The quantitative estimate of drug-likeness (QED) is 0.870. The maximum atomic E-state index is 14.4. The number of hydrogen-bond donors (Lipinski definition) is 1. The molecule has 0 aliphatic carbocycles. The third-order valence-corrected chi connectivity index (χ3v) is 7.32. The predicted molar refractivity (Wildman–Crippen MR) is 86.0 cm³/mol. The molecule has 2 aliphatic rings. The van der Waals surface area contributed by atoms with Gasteiger partial charge in [-0.05, 0) is 31.6 Å². The number of rotatable bonds is 4.